The largest absolute Gasteiger partial charge is 0.377 e. The standard InChI is InChI=1S/C10H15N5O2/c11-3-7-4-14-9(5-13-7)15-1-2-17-6-8(15)10(12)16/h4-5,8H,1-3,6,11H2,(H2,12,16). The highest BCUT2D eigenvalue weighted by molar-refractivity contribution is 5.83. The fourth-order valence-corrected chi connectivity index (χ4v) is 1.72. The number of hydrogen-bond acceptors (Lipinski definition) is 6. The van der Waals surface area contributed by atoms with Crippen molar-refractivity contribution in [1.29, 1.82) is 0 Å². The molecule has 2 heterocycles. The molecule has 2 rings (SSSR count). The molecule has 1 unspecified atom stereocenters. The van der Waals surface area contributed by atoms with Gasteiger partial charge in [-0.2, -0.15) is 0 Å². The molecule has 17 heavy (non-hydrogen) atoms. The Bertz CT molecular complexity index is 394. The van der Waals surface area contributed by atoms with Gasteiger partial charge >= 0.3 is 0 Å². The average molecular weight is 237 g/mol. The van der Waals surface area contributed by atoms with E-state index in [1.54, 1.807) is 17.3 Å². The summed E-state index contributed by atoms with van der Waals surface area (Å²) < 4.78 is 5.23. The summed E-state index contributed by atoms with van der Waals surface area (Å²) in [6, 6.07) is -0.484. The van der Waals surface area contributed by atoms with Crippen molar-refractivity contribution < 1.29 is 9.53 Å². The molecule has 1 aliphatic rings. The number of ether oxygens (including phenoxy) is 1. The second-order valence-corrected chi connectivity index (χ2v) is 3.76. The van der Waals surface area contributed by atoms with E-state index < -0.39 is 11.9 Å². The molecule has 0 aliphatic carbocycles. The second-order valence-electron chi connectivity index (χ2n) is 3.76. The van der Waals surface area contributed by atoms with Gasteiger partial charge in [-0.3, -0.25) is 9.78 Å². The number of anilines is 1. The highest BCUT2D eigenvalue weighted by Gasteiger charge is 2.28. The Morgan fingerprint density at radius 2 is 2.35 bits per heavy atom. The number of morpholine rings is 1. The minimum absolute atomic E-state index is 0.287. The second kappa shape index (κ2) is 5.07. The highest BCUT2D eigenvalue weighted by Crippen LogP contribution is 2.16. The van der Waals surface area contributed by atoms with E-state index >= 15 is 0 Å². The number of rotatable bonds is 3. The first-order valence-corrected chi connectivity index (χ1v) is 5.37. The molecule has 0 saturated carbocycles. The van der Waals surface area contributed by atoms with Crippen LogP contribution in [0.15, 0.2) is 12.4 Å². The molecule has 1 atom stereocenters. The molecule has 92 valence electrons. The van der Waals surface area contributed by atoms with Crippen molar-refractivity contribution in [2.45, 2.75) is 12.6 Å². The van der Waals surface area contributed by atoms with Gasteiger partial charge < -0.3 is 21.1 Å². The van der Waals surface area contributed by atoms with Crippen LogP contribution in [0.25, 0.3) is 0 Å². The fraction of sp³-hybridized carbons (Fsp3) is 0.500. The van der Waals surface area contributed by atoms with E-state index in [1.807, 2.05) is 0 Å². The van der Waals surface area contributed by atoms with Gasteiger partial charge in [0.1, 0.15) is 11.9 Å². The number of nitrogens with two attached hydrogens (primary N) is 2. The zero-order valence-electron chi connectivity index (χ0n) is 9.37. The maximum absolute atomic E-state index is 11.3. The smallest absolute Gasteiger partial charge is 0.242 e. The number of carbonyl (C=O) groups is 1. The quantitative estimate of drug-likeness (QED) is 0.671. The van der Waals surface area contributed by atoms with Crippen LogP contribution in [0.2, 0.25) is 0 Å². The first kappa shape index (κ1) is 11.7. The molecule has 1 aliphatic heterocycles. The van der Waals surface area contributed by atoms with E-state index in [2.05, 4.69) is 9.97 Å². The number of aromatic nitrogens is 2. The Hall–Kier alpha value is -1.73. The van der Waals surface area contributed by atoms with Crippen molar-refractivity contribution in [1.82, 2.24) is 9.97 Å². The summed E-state index contributed by atoms with van der Waals surface area (Å²) >= 11 is 0. The molecule has 0 aromatic carbocycles. The first-order valence-electron chi connectivity index (χ1n) is 5.37. The lowest BCUT2D eigenvalue weighted by Gasteiger charge is -2.34. The van der Waals surface area contributed by atoms with Crippen LogP contribution < -0.4 is 16.4 Å². The molecule has 1 aromatic heterocycles. The normalized spacial score (nSPS) is 20.3. The summed E-state index contributed by atoms with van der Waals surface area (Å²) in [7, 11) is 0. The van der Waals surface area contributed by atoms with Crippen LogP contribution in [0, 0.1) is 0 Å². The van der Waals surface area contributed by atoms with E-state index in [0.29, 0.717) is 31.2 Å². The maximum Gasteiger partial charge on any atom is 0.242 e. The summed E-state index contributed by atoms with van der Waals surface area (Å²) in [5.41, 5.74) is 11.5. The van der Waals surface area contributed by atoms with Gasteiger partial charge in [-0.05, 0) is 0 Å². The van der Waals surface area contributed by atoms with Crippen LogP contribution >= 0.6 is 0 Å². The van der Waals surface area contributed by atoms with Crippen molar-refractivity contribution in [3.63, 3.8) is 0 Å². The molecule has 1 amide bonds. The van der Waals surface area contributed by atoms with Crippen LogP contribution in [0.3, 0.4) is 0 Å². The molecular formula is C10H15N5O2. The van der Waals surface area contributed by atoms with E-state index in [1.165, 1.54) is 0 Å². The fourth-order valence-electron chi connectivity index (χ4n) is 1.72. The molecule has 4 N–H and O–H groups in total. The highest BCUT2D eigenvalue weighted by atomic mass is 16.5. The summed E-state index contributed by atoms with van der Waals surface area (Å²) in [6.07, 6.45) is 3.20. The summed E-state index contributed by atoms with van der Waals surface area (Å²) in [5.74, 6) is 0.198. The van der Waals surface area contributed by atoms with Gasteiger partial charge in [-0.25, -0.2) is 4.98 Å². The molecule has 1 aromatic rings. The lowest BCUT2D eigenvalue weighted by atomic mass is 10.2. The van der Waals surface area contributed by atoms with Crippen LogP contribution in [0.1, 0.15) is 5.69 Å². The number of amides is 1. The molecular weight excluding hydrogens is 222 g/mol. The maximum atomic E-state index is 11.3. The predicted molar refractivity (Wildman–Crippen MR) is 61.1 cm³/mol. The molecule has 0 radical (unpaired) electrons. The van der Waals surface area contributed by atoms with Gasteiger partial charge in [0.15, 0.2) is 0 Å². The monoisotopic (exact) mass is 237 g/mol. The number of primary amides is 1. The van der Waals surface area contributed by atoms with Gasteiger partial charge in [0, 0.05) is 13.1 Å². The molecule has 7 heteroatoms. The Kier molecular flexibility index (Phi) is 3.50. The number of hydrogen-bond donors (Lipinski definition) is 2. The molecule has 1 fully saturated rings. The van der Waals surface area contributed by atoms with Crippen molar-refractivity contribution in [2.24, 2.45) is 11.5 Å². The summed E-state index contributed by atoms with van der Waals surface area (Å²) in [5, 5.41) is 0. The van der Waals surface area contributed by atoms with Crippen molar-refractivity contribution in [2.75, 3.05) is 24.7 Å². The predicted octanol–water partition coefficient (Wildman–Crippen LogP) is -1.37. The Morgan fingerprint density at radius 3 is 2.94 bits per heavy atom. The molecule has 0 bridgehead atoms. The van der Waals surface area contributed by atoms with Crippen LogP contribution in [-0.2, 0) is 16.1 Å². The van der Waals surface area contributed by atoms with Gasteiger partial charge in [-0.1, -0.05) is 0 Å². The van der Waals surface area contributed by atoms with Gasteiger partial charge in [0.2, 0.25) is 5.91 Å². The Labute approximate surface area is 98.8 Å². The summed E-state index contributed by atoms with van der Waals surface area (Å²) in [6.45, 7) is 1.75. The Balaban J connectivity index is 2.20. The van der Waals surface area contributed by atoms with E-state index in [9.17, 15) is 4.79 Å². The van der Waals surface area contributed by atoms with E-state index in [-0.39, 0.29) is 6.61 Å². The molecule has 7 nitrogen and oxygen atoms in total. The first-order chi connectivity index (χ1) is 8.22. The van der Waals surface area contributed by atoms with Gasteiger partial charge in [-0.15, -0.1) is 0 Å². The number of nitrogens with zero attached hydrogens (tertiary/aromatic N) is 3. The van der Waals surface area contributed by atoms with Crippen LogP contribution in [0.5, 0.6) is 0 Å². The van der Waals surface area contributed by atoms with Crippen molar-refractivity contribution >= 4 is 11.7 Å². The third-order valence-electron chi connectivity index (χ3n) is 2.65. The van der Waals surface area contributed by atoms with Crippen LogP contribution in [-0.4, -0.2) is 41.7 Å². The van der Waals surface area contributed by atoms with E-state index in [4.69, 9.17) is 16.2 Å². The zero-order valence-corrected chi connectivity index (χ0v) is 9.37. The molecule has 1 saturated heterocycles. The topological polar surface area (TPSA) is 107 Å². The minimum atomic E-state index is -0.484. The van der Waals surface area contributed by atoms with E-state index in [0.717, 1.165) is 0 Å². The van der Waals surface area contributed by atoms with Gasteiger partial charge in [0.25, 0.3) is 0 Å². The lowest BCUT2D eigenvalue weighted by Crippen LogP contribution is -2.53. The van der Waals surface area contributed by atoms with Gasteiger partial charge in [0.05, 0.1) is 31.3 Å². The average Bonchev–Trinajstić information content (AvgIpc) is 2.39. The minimum Gasteiger partial charge on any atom is -0.377 e. The summed E-state index contributed by atoms with van der Waals surface area (Å²) in [4.78, 5) is 21.5. The third kappa shape index (κ3) is 2.51. The third-order valence-corrected chi connectivity index (χ3v) is 2.65. The van der Waals surface area contributed by atoms with Crippen LogP contribution in [0.4, 0.5) is 5.82 Å². The lowest BCUT2D eigenvalue weighted by molar-refractivity contribution is -0.121. The zero-order chi connectivity index (χ0) is 12.3. The molecule has 0 spiro atoms. The van der Waals surface area contributed by atoms with Crippen molar-refractivity contribution in [3.05, 3.63) is 18.1 Å². The number of carbonyl (C=O) groups excluding carboxylic acids is 1. The Morgan fingerprint density at radius 1 is 1.53 bits per heavy atom. The SMILES string of the molecule is NCc1cnc(N2CCOCC2C(N)=O)cn1. The van der Waals surface area contributed by atoms with Crippen molar-refractivity contribution in [3.8, 4) is 0 Å².